The molecule has 2 rings (SSSR count). The highest BCUT2D eigenvalue weighted by molar-refractivity contribution is 7.80. The van der Waals surface area contributed by atoms with Gasteiger partial charge >= 0.3 is 0 Å². The maximum absolute atomic E-state index is 11.9. The number of hydrogen-bond acceptors (Lipinski definition) is 4. The fraction of sp³-hybridized carbons (Fsp3) is 0.357. The van der Waals surface area contributed by atoms with E-state index >= 15 is 0 Å². The summed E-state index contributed by atoms with van der Waals surface area (Å²) in [5.41, 5.74) is 7.04. The highest BCUT2D eigenvalue weighted by atomic mass is 32.1. The Bertz CT molecular complexity index is 586. The molecule has 1 aromatic carbocycles. The standard InChI is InChI=1S/C14H16N2O3S/c1-8-5-12(17)16(14(8)18)7-9-3-4-10(13(15)20)11(6-9)19-2/h3-4,6,8H,5,7H2,1-2H3,(H2,15,20). The molecule has 1 heterocycles. The van der Waals surface area contributed by atoms with Crippen molar-refractivity contribution in [3.63, 3.8) is 0 Å². The quantitative estimate of drug-likeness (QED) is 0.667. The van der Waals surface area contributed by atoms with Crippen LogP contribution < -0.4 is 10.5 Å². The molecule has 0 saturated carbocycles. The van der Waals surface area contributed by atoms with Crippen molar-refractivity contribution in [3.8, 4) is 5.75 Å². The Kier molecular flexibility index (Phi) is 4.04. The maximum Gasteiger partial charge on any atom is 0.232 e. The molecule has 2 N–H and O–H groups in total. The molecule has 20 heavy (non-hydrogen) atoms. The molecule has 1 fully saturated rings. The van der Waals surface area contributed by atoms with Gasteiger partial charge in [-0.1, -0.05) is 25.2 Å². The molecule has 5 nitrogen and oxygen atoms in total. The zero-order chi connectivity index (χ0) is 14.9. The van der Waals surface area contributed by atoms with Crippen molar-refractivity contribution < 1.29 is 14.3 Å². The second-order valence-corrected chi connectivity index (χ2v) is 5.26. The number of imide groups is 1. The molecular formula is C14H16N2O3S. The molecule has 0 aromatic heterocycles. The minimum Gasteiger partial charge on any atom is -0.496 e. The molecular weight excluding hydrogens is 276 g/mol. The zero-order valence-electron chi connectivity index (χ0n) is 11.4. The lowest BCUT2D eigenvalue weighted by Gasteiger charge is -2.16. The number of ether oxygens (including phenoxy) is 1. The third-order valence-corrected chi connectivity index (χ3v) is 3.56. The van der Waals surface area contributed by atoms with Gasteiger partial charge in [-0.2, -0.15) is 0 Å². The number of likely N-dealkylation sites (tertiary alicyclic amines) is 1. The van der Waals surface area contributed by atoms with E-state index in [1.54, 1.807) is 25.1 Å². The van der Waals surface area contributed by atoms with Crippen LogP contribution in [-0.2, 0) is 16.1 Å². The fourth-order valence-corrected chi connectivity index (χ4v) is 2.40. The smallest absolute Gasteiger partial charge is 0.232 e. The Labute approximate surface area is 122 Å². The lowest BCUT2D eigenvalue weighted by molar-refractivity contribution is -0.139. The fourth-order valence-electron chi connectivity index (χ4n) is 2.23. The molecule has 0 radical (unpaired) electrons. The number of methoxy groups -OCH3 is 1. The van der Waals surface area contributed by atoms with E-state index in [0.717, 1.165) is 5.56 Å². The van der Waals surface area contributed by atoms with Gasteiger partial charge in [0.05, 0.1) is 19.2 Å². The minimum absolute atomic E-state index is 0.132. The van der Waals surface area contributed by atoms with E-state index in [0.29, 0.717) is 11.3 Å². The zero-order valence-corrected chi connectivity index (χ0v) is 12.2. The summed E-state index contributed by atoms with van der Waals surface area (Å²) in [7, 11) is 1.52. The number of rotatable bonds is 4. The number of hydrogen-bond donors (Lipinski definition) is 1. The molecule has 2 amide bonds. The maximum atomic E-state index is 11.9. The van der Waals surface area contributed by atoms with Crippen LogP contribution >= 0.6 is 12.2 Å². The summed E-state index contributed by atoms with van der Waals surface area (Å²) >= 11 is 4.93. The second-order valence-electron chi connectivity index (χ2n) is 4.82. The summed E-state index contributed by atoms with van der Waals surface area (Å²) in [6.07, 6.45) is 0.279. The van der Waals surface area contributed by atoms with Gasteiger partial charge in [0.2, 0.25) is 11.8 Å². The van der Waals surface area contributed by atoms with Crippen molar-refractivity contribution in [2.24, 2.45) is 11.7 Å². The summed E-state index contributed by atoms with van der Waals surface area (Å²) in [4.78, 5) is 25.2. The highest BCUT2D eigenvalue weighted by Gasteiger charge is 2.35. The average Bonchev–Trinajstić information content (AvgIpc) is 2.65. The third kappa shape index (κ3) is 2.65. The molecule has 1 aromatic rings. The molecule has 1 atom stereocenters. The van der Waals surface area contributed by atoms with Crippen molar-refractivity contribution in [2.45, 2.75) is 19.9 Å². The Balaban J connectivity index is 2.24. The highest BCUT2D eigenvalue weighted by Crippen LogP contribution is 2.24. The van der Waals surface area contributed by atoms with Crippen LogP contribution in [0.15, 0.2) is 18.2 Å². The Hall–Kier alpha value is -1.95. The first-order valence-corrected chi connectivity index (χ1v) is 6.65. The van der Waals surface area contributed by atoms with Crippen LogP contribution in [0.1, 0.15) is 24.5 Å². The van der Waals surface area contributed by atoms with Gasteiger partial charge in [0.15, 0.2) is 0 Å². The van der Waals surface area contributed by atoms with Crippen LogP contribution in [-0.4, -0.2) is 28.8 Å². The van der Waals surface area contributed by atoms with Crippen molar-refractivity contribution in [1.29, 1.82) is 0 Å². The second kappa shape index (κ2) is 5.58. The van der Waals surface area contributed by atoms with Crippen LogP contribution in [0.5, 0.6) is 5.75 Å². The lowest BCUT2D eigenvalue weighted by atomic mass is 10.1. The van der Waals surface area contributed by atoms with Crippen LogP contribution in [0.2, 0.25) is 0 Å². The molecule has 0 bridgehead atoms. The number of carbonyl (C=O) groups excluding carboxylic acids is 2. The molecule has 0 spiro atoms. The number of nitrogens with zero attached hydrogens (tertiary/aromatic N) is 1. The Morgan fingerprint density at radius 1 is 1.50 bits per heavy atom. The summed E-state index contributed by atoms with van der Waals surface area (Å²) in [5.74, 6) is 0.0368. The average molecular weight is 292 g/mol. The van der Waals surface area contributed by atoms with Crippen molar-refractivity contribution in [3.05, 3.63) is 29.3 Å². The SMILES string of the molecule is COc1cc(CN2C(=O)CC(C)C2=O)ccc1C(N)=S. The summed E-state index contributed by atoms with van der Waals surface area (Å²) in [5, 5.41) is 0. The third-order valence-electron chi connectivity index (χ3n) is 3.34. The first-order chi connectivity index (χ1) is 9.43. The summed E-state index contributed by atoms with van der Waals surface area (Å²) < 4.78 is 5.23. The van der Waals surface area contributed by atoms with Crippen LogP contribution in [0.4, 0.5) is 0 Å². The van der Waals surface area contributed by atoms with Gasteiger partial charge in [-0.3, -0.25) is 14.5 Å². The first kappa shape index (κ1) is 14.5. The van der Waals surface area contributed by atoms with E-state index in [2.05, 4.69) is 0 Å². The molecule has 1 saturated heterocycles. The number of amides is 2. The van der Waals surface area contributed by atoms with E-state index < -0.39 is 0 Å². The van der Waals surface area contributed by atoms with E-state index in [1.165, 1.54) is 12.0 Å². The van der Waals surface area contributed by atoms with Gasteiger partial charge in [-0.25, -0.2) is 0 Å². The van der Waals surface area contributed by atoms with Crippen LogP contribution in [0, 0.1) is 5.92 Å². The van der Waals surface area contributed by atoms with Gasteiger partial charge in [-0.05, 0) is 17.7 Å². The number of thiocarbonyl (C=S) groups is 1. The lowest BCUT2D eigenvalue weighted by Crippen LogP contribution is -2.29. The van der Waals surface area contributed by atoms with Gasteiger partial charge in [0.1, 0.15) is 10.7 Å². The predicted molar refractivity (Wildman–Crippen MR) is 78.2 cm³/mol. The molecule has 1 aliphatic rings. The topological polar surface area (TPSA) is 72.6 Å². The van der Waals surface area contributed by atoms with Gasteiger partial charge in [0.25, 0.3) is 0 Å². The van der Waals surface area contributed by atoms with E-state index in [4.69, 9.17) is 22.7 Å². The van der Waals surface area contributed by atoms with E-state index in [-0.39, 0.29) is 35.7 Å². The molecule has 106 valence electrons. The number of benzene rings is 1. The van der Waals surface area contributed by atoms with Gasteiger partial charge in [0, 0.05) is 12.3 Å². The van der Waals surface area contributed by atoms with Gasteiger partial charge in [-0.15, -0.1) is 0 Å². The summed E-state index contributed by atoms with van der Waals surface area (Å²) in [6, 6.07) is 5.28. The largest absolute Gasteiger partial charge is 0.496 e. The van der Waals surface area contributed by atoms with Crippen molar-refractivity contribution in [1.82, 2.24) is 4.90 Å². The van der Waals surface area contributed by atoms with Crippen LogP contribution in [0.3, 0.4) is 0 Å². The number of nitrogens with two attached hydrogens (primary N) is 1. The molecule has 6 heteroatoms. The Morgan fingerprint density at radius 3 is 2.70 bits per heavy atom. The molecule has 1 unspecified atom stereocenters. The molecule has 1 aliphatic heterocycles. The number of carbonyl (C=O) groups is 2. The Morgan fingerprint density at radius 2 is 2.20 bits per heavy atom. The van der Waals surface area contributed by atoms with Crippen molar-refractivity contribution >= 4 is 29.0 Å². The van der Waals surface area contributed by atoms with Crippen LogP contribution in [0.25, 0.3) is 0 Å². The predicted octanol–water partition coefficient (Wildman–Crippen LogP) is 1.22. The normalized spacial score (nSPS) is 18.5. The molecule has 0 aliphatic carbocycles. The minimum atomic E-state index is -0.236. The van der Waals surface area contributed by atoms with Gasteiger partial charge < -0.3 is 10.5 Å². The van der Waals surface area contributed by atoms with Crippen molar-refractivity contribution in [2.75, 3.05) is 7.11 Å². The monoisotopic (exact) mass is 292 g/mol. The van der Waals surface area contributed by atoms with E-state index in [9.17, 15) is 9.59 Å². The summed E-state index contributed by atoms with van der Waals surface area (Å²) in [6.45, 7) is 2.01. The van der Waals surface area contributed by atoms with E-state index in [1.807, 2.05) is 0 Å². The first-order valence-electron chi connectivity index (χ1n) is 6.25.